The van der Waals surface area contributed by atoms with Crippen molar-refractivity contribution in [2.45, 2.75) is 6.42 Å². The highest BCUT2D eigenvalue weighted by Gasteiger charge is 2.13. The number of nitrogens with zero attached hydrogens (tertiary/aromatic N) is 2. The Morgan fingerprint density at radius 2 is 1.74 bits per heavy atom. The second kappa shape index (κ2) is 8.52. The van der Waals surface area contributed by atoms with Gasteiger partial charge in [-0.1, -0.05) is 42.5 Å². The lowest BCUT2D eigenvalue weighted by Gasteiger charge is -2.13. The Morgan fingerprint density at radius 1 is 1.04 bits per heavy atom. The lowest BCUT2D eigenvalue weighted by atomic mass is 10.1. The van der Waals surface area contributed by atoms with Gasteiger partial charge in [-0.3, -0.25) is 15.6 Å². The van der Waals surface area contributed by atoms with Crippen molar-refractivity contribution >= 4 is 17.4 Å². The number of rotatable bonds is 7. The summed E-state index contributed by atoms with van der Waals surface area (Å²) in [6, 6.07) is 16.5. The van der Waals surface area contributed by atoms with Crippen LogP contribution >= 0.6 is 0 Å². The molecule has 0 aliphatic heterocycles. The van der Waals surface area contributed by atoms with Crippen LogP contribution in [0.5, 0.6) is 17.4 Å². The molecule has 1 aromatic heterocycles. The van der Waals surface area contributed by atoms with Crippen molar-refractivity contribution in [3.8, 4) is 17.4 Å². The van der Waals surface area contributed by atoms with Gasteiger partial charge in [-0.25, -0.2) is 4.98 Å². The predicted octanol–water partition coefficient (Wildman–Crippen LogP) is 2.55. The smallest absolute Gasteiger partial charge is 0.248 e. The largest absolute Gasteiger partial charge is 0.493 e. The molecule has 27 heavy (non-hydrogen) atoms. The summed E-state index contributed by atoms with van der Waals surface area (Å²) < 4.78 is 11.0. The van der Waals surface area contributed by atoms with Crippen LogP contribution in [0.3, 0.4) is 0 Å². The number of amides is 1. The molecule has 0 aliphatic carbocycles. The van der Waals surface area contributed by atoms with E-state index in [1.807, 2.05) is 36.4 Å². The number of carbonyl (C=O) groups excluding carboxylic acids is 1. The molecule has 1 amide bonds. The Morgan fingerprint density at radius 3 is 2.48 bits per heavy atom. The van der Waals surface area contributed by atoms with E-state index in [2.05, 4.69) is 20.8 Å². The standard InChI is InChI=1S/C19H19N5O3/c1-26-14-9-5-6-10-15(14)27-19-17(20)18(21-12-22-19)24-23-16(25)11-13-7-3-2-4-8-13/h2-10,12H,11,20H2,1H3,(H,23,25)(H,21,22,24). The lowest BCUT2D eigenvalue weighted by molar-refractivity contribution is -0.119. The topological polar surface area (TPSA) is 111 Å². The first-order chi connectivity index (χ1) is 13.2. The fourth-order valence-electron chi connectivity index (χ4n) is 2.32. The molecular formula is C19H19N5O3. The summed E-state index contributed by atoms with van der Waals surface area (Å²) in [5, 5.41) is 0. The monoisotopic (exact) mass is 365 g/mol. The van der Waals surface area contributed by atoms with Crippen LogP contribution in [0.15, 0.2) is 60.9 Å². The summed E-state index contributed by atoms with van der Waals surface area (Å²) in [5.74, 6) is 1.16. The molecule has 3 aromatic rings. The number of carbonyl (C=O) groups is 1. The van der Waals surface area contributed by atoms with Crippen molar-refractivity contribution in [3.05, 3.63) is 66.5 Å². The van der Waals surface area contributed by atoms with Gasteiger partial charge >= 0.3 is 0 Å². The van der Waals surface area contributed by atoms with Crippen molar-refractivity contribution in [1.82, 2.24) is 15.4 Å². The normalized spacial score (nSPS) is 10.1. The minimum atomic E-state index is -0.230. The molecule has 0 saturated heterocycles. The number of hydrazine groups is 1. The number of hydrogen-bond donors (Lipinski definition) is 3. The van der Waals surface area contributed by atoms with Crippen LogP contribution in [0.2, 0.25) is 0 Å². The SMILES string of the molecule is COc1ccccc1Oc1ncnc(NNC(=O)Cc2ccccc2)c1N. The van der Waals surface area contributed by atoms with Gasteiger partial charge in [0.25, 0.3) is 0 Å². The Balaban J connectivity index is 1.67. The summed E-state index contributed by atoms with van der Waals surface area (Å²) in [5.41, 5.74) is 12.4. The fraction of sp³-hybridized carbons (Fsp3) is 0.105. The second-order valence-electron chi connectivity index (χ2n) is 5.53. The number of methoxy groups -OCH3 is 1. The van der Waals surface area contributed by atoms with E-state index in [4.69, 9.17) is 15.2 Å². The summed E-state index contributed by atoms with van der Waals surface area (Å²) >= 11 is 0. The van der Waals surface area contributed by atoms with Crippen LogP contribution in [-0.4, -0.2) is 23.0 Å². The molecule has 0 fully saturated rings. The van der Waals surface area contributed by atoms with E-state index in [1.54, 1.807) is 25.3 Å². The molecule has 0 aliphatic rings. The van der Waals surface area contributed by atoms with Crippen molar-refractivity contribution in [2.24, 2.45) is 0 Å². The molecule has 1 heterocycles. The molecule has 0 unspecified atom stereocenters. The number of anilines is 2. The third-order valence-corrected chi connectivity index (χ3v) is 3.65. The number of aromatic nitrogens is 2. The van der Waals surface area contributed by atoms with Crippen molar-refractivity contribution in [1.29, 1.82) is 0 Å². The molecule has 0 saturated carbocycles. The minimum Gasteiger partial charge on any atom is -0.493 e. The Kier molecular flexibility index (Phi) is 5.68. The van der Waals surface area contributed by atoms with Gasteiger partial charge in [-0.2, -0.15) is 4.98 Å². The van der Waals surface area contributed by atoms with Gasteiger partial charge in [0.05, 0.1) is 13.5 Å². The van der Waals surface area contributed by atoms with Crippen LogP contribution in [0, 0.1) is 0 Å². The predicted molar refractivity (Wildman–Crippen MR) is 101 cm³/mol. The molecule has 0 spiro atoms. The molecule has 3 rings (SSSR count). The molecular weight excluding hydrogens is 346 g/mol. The van der Waals surface area contributed by atoms with Crippen LogP contribution in [0.4, 0.5) is 11.5 Å². The lowest BCUT2D eigenvalue weighted by Crippen LogP contribution is -2.31. The number of nitrogens with two attached hydrogens (primary N) is 1. The molecule has 138 valence electrons. The number of nitrogens with one attached hydrogen (secondary N) is 2. The second-order valence-corrected chi connectivity index (χ2v) is 5.53. The van der Waals surface area contributed by atoms with Crippen LogP contribution in [-0.2, 0) is 11.2 Å². The van der Waals surface area contributed by atoms with Gasteiger partial charge in [0.2, 0.25) is 11.8 Å². The number of hydrogen-bond acceptors (Lipinski definition) is 7. The number of ether oxygens (including phenoxy) is 2. The maximum absolute atomic E-state index is 12.1. The number of para-hydroxylation sites is 2. The maximum Gasteiger partial charge on any atom is 0.248 e. The zero-order chi connectivity index (χ0) is 19.1. The van der Waals surface area contributed by atoms with E-state index in [-0.39, 0.29) is 29.7 Å². The molecule has 4 N–H and O–H groups in total. The minimum absolute atomic E-state index is 0.148. The van der Waals surface area contributed by atoms with Crippen molar-refractivity contribution in [3.63, 3.8) is 0 Å². The highest BCUT2D eigenvalue weighted by Crippen LogP contribution is 2.34. The first kappa shape index (κ1) is 18.0. The zero-order valence-electron chi connectivity index (χ0n) is 14.7. The number of nitrogen functional groups attached to an aromatic ring is 1. The Labute approximate surface area is 156 Å². The van der Waals surface area contributed by atoms with Gasteiger partial charge in [0.15, 0.2) is 17.3 Å². The van der Waals surface area contributed by atoms with Crippen LogP contribution < -0.4 is 26.1 Å². The molecule has 0 atom stereocenters. The van der Waals surface area contributed by atoms with Gasteiger partial charge in [-0.15, -0.1) is 0 Å². The van der Waals surface area contributed by atoms with E-state index in [1.165, 1.54) is 6.33 Å². The van der Waals surface area contributed by atoms with E-state index in [9.17, 15) is 4.79 Å². The maximum atomic E-state index is 12.1. The zero-order valence-corrected chi connectivity index (χ0v) is 14.7. The third kappa shape index (κ3) is 4.63. The van der Waals surface area contributed by atoms with Gasteiger partial charge in [0, 0.05) is 0 Å². The van der Waals surface area contributed by atoms with E-state index in [0.717, 1.165) is 5.56 Å². The fourth-order valence-corrected chi connectivity index (χ4v) is 2.32. The van der Waals surface area contributed by atoms with E-state index in [0.29, 0.717) is 11.5 Å². The third-order valence-electron chi connectivity index (χ3n) is 3.65. The molecule has 0 radical (unpaired) electrons. The van der Waals surface area contributed by atoms with Crippen LogP contribution in [0.1, 0.15) is 5.56 Å². The Hall–Kier alpha value is -3.81. The average molecular weight is 365 g/mol. The quantitative estimate of drug-likeness (QED) is 0.552. The van der Waals surface area contributed by atoms with Crippen molar-refractivity contribution in [2.75, 3.05) is 18.3 Å². The first-order valence-corrected chi connectivity index (χ1v) is 8.17. The van der Waals surface area contributed by atoms with E-state index < -0.39 is 0 Å². The molecule has 0 bridgehead atoms. The first-order valence-electron chi connectivity index (χ1n) is 8.17. The van der Waals surface area contributed by atoms with Gasteiger partial charge in [0.1, 0.15) is 12.0 Å². The van der Waals surface area contributed by atoms with Crippen LogP contribution in [0.25, 0.3) is 0 Å². The van der Waals surface area contributed by atoms with Crippen molar-refractivity contribution < 1.29 is 14.3 Å². The van der Waals surface area contributed by atoms with Gasteiger partial charge in [-0.05, 0) is 17.7 Å². The highest BCUT2D eigenvalue weighted by molar-refractivity contribution is 5.80. The van der Waals surface area contributed by atoms with Gasteiger partial charge < -0.3 is 15.2 Å². The highest BCUT2D eigenvalue weighted by atomic mass is 16.5. The Bertz CT molecular complexity index is 918. The average Bonchev–Trinajstić information content (AvgIpc) is 2.70. The van der Waals surface area contributed by atoms with E-state index >= 15 is 0 Å². The summed E-state index contributed by atoms with van der Waals surface area (Å²) in [6.07, 6.45) is 1.51. The molecule has 8 nitrogen and oxygen atoms in total. The molecule has 2 aromatic carbocycles. The summed E-state index contributed by atoms with van der Waals surface area (Å²) in [4.78, 5) is 20.1. The summed E-state index contributed by atoms with van der Waals surface area (Å²) in [7, 11) is 1.54. The molecule has 8 heteroatoms. The number of benzene rings is 2. The summed E-state index contributed by atoms with van der Waals surface area (Å²) in [6.45, 7) is 0.